The Hall–Kier alpha value is -3.21. The lowest BCUT2D eigenvalue weighted by Crippen LogP contribution is -2.62. The van der Waals surface area contributed by atoms with Crippen molar-refractivity contribution in [3.05, 3.63) is 24.4 Å². The van der Waals surface area contributed by atoms with Gasteiger partial charge in [-0.25, -0.2) is 9.37 Å². The fourth-order valence-corrected chi connectivity index (χ4v) is 5.13. The topological polar surface area (TPSA) is 118 Å². The first-order valence-corrected chi connectivity index (χ1v) is 11.3. The first-order valence-electron chi connectivity index (χ1n) is 12.8. The summed E-state index contributed by atoms with van der Waals surface area (Å²) in [4.78, 5) is 7.05. The second-order valence-corrected chi connectivity index (χ2v) is 9.06. The maximum atomic E-state index is 15.4. The molecule has 11 heteroatoms. The minimum Gasteiger partial charge on any atom is -0.507 e. The number of piperidine rings is 2. The Morgan fingerprint density at radius 2 is 2.09 bits per heavy atom. The molecule has 3 aromatic rings. The van der Waals surface area contributed by atoms with Gasteiger partial charge in [0.25, 0.3) is 0 Å². The molecular weight excluding hydrogens is 425 g/mol. The molecule has 6 rings (SSSR count). The van der Waals surface area contributed by atoms with E-state index in [0.29, 0.717) is 27.8 Å². The molecule has 0 spiro atoms. The predicted molar refractivity (Wildman–Crippen MR) is 118 cm³/mol. The highest BCUT2D eigenvalue weighted by atomic mass is 19.1. The Balaban J connectivity index is 1.24. The Morgan fingerprint density at radius 1 is 1.18 bits per heavy atom. The van der Waals surface area contributed by atoms with Crippen LogP contribution in [0, 0.1) is 0 Å². The van der Waals surface area contributed by atoms with E-state index in [1.165, 1.54) is 6.07 Å². The van der Waals surface area contributed by atoms with Gasteiger partial charge in [-0.2, -0.15) is 4.80 Å². The lowest BCUT2D eigenvalue weighted by atomic mass is 9.82. The molecule has 2 saturated heterocycles. The summed E-state index contributed by atoms with van der Waals surface area (Å²) >= 11 is 0. The van der Waals surface area contributed by atoms with Crippen LogP contribution in [0.4, 0.5) is 10.2 Å². The van der Waals surface area contributed by atoms with Crippen LogP contribution < -0.4 is 10.2 Å². The van der Waals surface area contributed by atoms with Gasteiger partial charge in [-0.15, -0.1) is 20.4 Å². The maximum absolute atomic E-state index is 15.4. The summed E-state index contributed by atoms with van der Waals surface area (Å²) in [5.74, 6) is 0.698. The van der Waals surface area contributed by atoms with Gasteiger partial charge in [0.15, 0.2) is 11.6 Å². The Kier molecular flexibility index (Phi) is 4.18. The second-order valence-electron chi connectivity index (χ2n) is 9.06. The molecule has 2 aliphatic heterocycles. The molecule has 1 aromatic carbocycles. The monoisotopic (exact) mass is 454 g/mol. The van der Waals surface area contributed by atoms with Crippen LogP contribution in [0.15, 0.2) is 24.4 Å². The predicted octanol–water partition coefficient (Wildman–Crippen LogP) is 2.02. The number of halogens is 1. The zero-order valence-corrected chi connectivity index (χ0v) is 17.8. The molecule has 1 aliphatic carbocycles. The van der Waals surface area contributed by atoms with Gasteiger partial charge in [0.05, 0.1) is 24.8 Å². The number of phenolic OH excluding ortho intramolecular Hbond substituents is 1. The molecule has 2 N–H and O–H groups in total. The van der Waals surface area contributed by atoms with Gasteiger partial charge >= 0.3 is 0 Å². The molecule has 1 saturated carbocycles. The molecule has 0 radical (unpaired) electrons. The van der Waals surface area contributed by atoms with Crippen molar-refractivity contribution in [3.63, 3.8) is 0 Å². The molecule has 3 fully saturated rings. The van der Waals surface area contributed by atoms with Crippen LogP contribution in [-0.4, -0.2) is 70.8 Å². The van der Waals surface area contributed by atoms with Crippen molar-refractivity contribution in [3.8, 4) is 28.5 Å². The van der Waals surface area contributed by atoms with E-state index in [-0.39, 0.29) is 35.5 Å². The first-order chi connectivity index (χ1) is 17.3. The van der Waals surface area contributed by atoms with Crippen LogP contribution >= 0.6 is 0 Å². The molecule has 2 bridgehead atoms. The quantitative estimate of drug-likeness (QED) is 0.597. The maximum Gasteiger partial charge on any atom is 0.205 e. The van der Waals surface area contributed by atoms with E-state index in [1.807, 2.05) is 0 Å². The number of alkyl halides is 1. The average molecular weight is 455 g/mol. The summed E-state index contributed by atoms with van der Waals surface area (Å²) in [5, 5.41) is 33.8. The van der Waals surface area contributed by atoms with Crippen LogP contribution in [0.5, 0.6) is 5.75 Å². The fourth-order valence-electron chi connectivity index (χ4n) is 5.13. The van der Waals surface area contributed by atoms with Crippen molar-refractivity contribution in [2.75, 3.05) is 4.90 Å². The Morgan fingerprint density at radius 3 is 2.82 bits per heavy atom. The van der Waals surface area contributed by atoms with E-state index in [1.54, 1.807) is 18.3 Å². The van der Waals surface area contributed by atoms with Gasteiger partial charge in [0.2, 0.25) is 5.82 Å². The number of benzene rings is 1. The van der Waals surface area contributed by atoms with Crippen LogP contribution in [0.3, 0.4) is 0 Å². The Bertz CT molecular complexity index is 1250. The van der Waals surface area contributed by atoms with Crippen molar-refractivity contribution in [2.24, 2.45) is 6.98 Å². The molecule has 4 heterocycles. The third kappa shape index (κ3) is 3.79. The SMILES string of the molecule is [2H]C([2H])([2H])n1nnc(-c2ccc(-c3ncc(N(C4CC4)[C@@H]4C[C@@H]5CCC[C@@H](N5)[C@@H]4F)nn3)c(O)c2)n1. The lowest BCUT2D eigenvalue weighted by molar-refractivity contribution is 0.104. The van der Waals surface area contributed by atoms with Crippen LogP contribution in [0.25, 0.3) is 22.8 Å². The summed E-state index contributed by atoms with van der Waals surface area (Å²) in [7, 11) is 0. The molecule has 172 valence electrons. The summed E-state index contributed by atoms with van der Waals surface area (Å²) < 4.78 is 37.5. The van der Waals surface area contributed by atoms with Crippen LogP contribution in [0.1, 0.15) is 42.6 Å². The smallest absolute Gasteiger partial charge is 0.205 e. The van der Waals surface area contributed by atoms with E-state index in [9.17, 15) is 5.11 Å². The molecule has 33 heavy (non-hydrogen) atoms. The summed E-state index contributed by atoms with van der Waals surface area (Å²) in [6.45, 7) is -2.54. The average Bonchev–Trinajstić information content (AvgIpc) is 3.55. The fraction of sp³-hybridized carbons (Fsp3) is 0.545. The third-order valence-corrected chi connectivity index (χ3v) is 6.82. The highest BCUT2D eigenvalue weighted by molar-refractivity contribution is 5.70. The van der Waals surface area contributed by atoms with E-state index >= 15 is 4.39 Å². The van der Waals surface area contributed by atoms with Crippen molar-refractivity contribution in [1.29, 1.82) is 0 Å². The number of phenols is 1. The number of nitrogens with one attached hydrogen (secondary N) is 1. The summed E-state index contributed by atoms with van der Waals surface area (Å²) in [6.07, 6.45) is 6.34. The minimum atomic E-state index is -2.54. The van der Waals surface area contributed by atoms with E-state index in [2.05, 4.69) is 40.8 Å². The van der Waals surface area contributed by atoms with Gasteiger partial charge in [0.1, 0.15) is 11.9 Å². The number of hydrogen-bond acceptors (Lipinski definition) is 9. The van der Waals surface area contributed by atoms with Crippen molar-refractivity contribution < 1.29 is 13.6 Å². The minimum absolute atomic E-state index is 0.0648. The summed E-state index contributed by atoms with van der Waals surface area (Å²) in [6, 6.07) is 4.80. The number of fused-ring (bicyclic) bond motifs is 2. The molecule has 0 unspecified atom stereocenters. The first kappa shape index (κ1) is 17.3. The number of tetrazole rings is 1. The lowest BCUT2D eigenvalue weighted by Gasteiger charge is -2.47. The molecule has 0 amide bonds. The molecule has 4 atom stereocenters. The van der Waals surface area contributed by atoms with Crippen molar-refractivity contribution in [1.82, 2.24) is 40.7 Å². The van der Waals surface area contributed by atoms with Gasteiger partial charge in [-0.05, 0) is 49.5 Å². The third-order valence-electron chi connectivity index (χ3n) is 6.82. The van der Waals surface area contributed by atoms with E-state index in [4.69, 9.17) is 4.11 Å². The zero-order valence-electron chi connectivity index (χ0n) is 20.8. The number of aromatic hydroxyl groups is 1. The standard InChI is InChI=1S/C22H26FN9O/c1-31-29-21(28-30-31)12-5-8-15(18(33)9-12)22-24-11-19(26-27-22)32(14-6-7-14)17-10-13-3-2-4-16(25-13)20(17)23/h5,8-9,11,13-14,16-17,20,25,33H,2-4,6-7,10H2,1H3/t13-,16+,17+,20-/m0/s1/i1D3. The molecule has 10 nitrogen and oxygen atoms in total. The van der Waals surface area contributed by atoms with Gasteiger partial charge in [-0.3, -0.25) is 0 Å². The highest BCUT2D eigenvalue weighted by Gasteiger charge is 2.46. The largest absolute Gasteiger partial charge is 0.507 e. The number of nitrogens with zero attached hydrogens (tertiary/aromatic N) is 8. The number of rotatable bonds is 5. The zero-order chi connectivity index (χ0) is 25.0. The number of aryl methyl sites for hydroxylation is 1. The molecule has 3 aliphatic rings. The normalized spacial score (nSPS) is 28.6. The van der Waals surface area contributed by atoms with Crippen molar-refractivity contribution in [2.45, 2.75) is 68.9 Å². The van der Waals surface area contributed by atoms with Gasteiger partial charge in [0, 0.05) is 27.8 Å². The Labute approximate surface area is 194 Å². The number of aromatic nitrogens is 7. The highest BCUT2D eigenvalue weighted by Crippen LogP contribution is 2.39. The van der Waals surface area contributed by atoms with Crippen LogP contribution in [0.2, 0.25) is 0 Å². The second kappa shape index (κ2) is 7.98. The number of anilines is 1. The molecular formula is C22H26FN9O. The number of hydrogen-bond donors (Lipinski definition) is 2. The van der Waals surface area contributed by atoms with E-state index in [0.717, 1.165) is 38.5 Å². The van der Waals surface area contributed by atoms with Crippen LogP contribution in [-0.2, 0) is 6.98 Å². The summed E-state index contributed by atoms with van der Waals surface area (Å²) in [5.41, 5.74) is 0.737. The van der Waals surface area contributed by atoms with E-state index < -0.39 is 13.1 Å². The van der Waals surface area contributed by atoms with Crippen molar-refractivity contribution >= 4 is 5.82 Å². The van der Waals surface area contributed by atoms with Gasteiger partial charge < -0.3 is 15.3 Å². The molecule has 2 aromatic heterocycles. The van der Waals surface area contributed by atoms with Gasteiger partial charge in [-0.1, -0.05) is 12.5 Å².